The largest absolute Gasteiger partial charge is 0.360 e. The Morgan fingerprint density at radius 3 is 2.56 bits per heavy atom. The molecule has 1 aliphatic heterocycles. The van der Waals surface area contributed by atoms with Crippen molar-refractivity contribution < 1.29 is 4.74 Å². The molecule has 2 heteroatoms. The van der Waals surface area contributed by atoms with E-state index in [4.69, 9.17) is 4.74 Å². The summed E-state index contributed by atoms with van der Waals surface area (Å²) in [6, 6.07) is 0.605. The Kier molecular flexibility index (Phi) is 1.78. The molecule has 1 rings (SSSR count). The van der Waals surface area contributed by atoms with Gasteiger partial charge in [0.1, 0.15) is 0 Å². The van der Waals surface area contributed by atoms with E-state index in [9.17, 15) is 0 Å². The van der Waals surface area contributed by atoms with Gasteiger partial charge in [0.15, 0.2) is 0 Å². The van der Waals surface area contributed by atoms with E-state index in [1.165, 1.54) is 0 Å². The Bertz CT molecular complexity index is 101. The highest BCUT2D eigenvalue weighted by atomic mass is 16.5. The zero-order chi connectivity index (χ0) is 6.91. The fraction of sp³-hybridized carbons (Fsp3) is 1.00. The standard InChI is InChI=1S/C7H15NO/c1-6-4-7(2,3)9-5-8-6/h6,8H,4-5H2,1-3H3. The molecule has 1 aliphatic rings. The number of hydrogen-bond donors (Lipinski definition) is 1. The second kappa shape index (κ2) is 2.27. The van der Waals surface area contributed by atoms with Crippen molar-refractivity contribution in [1.29, 1.82) is 0 Å². The summed E-state index contributed by atoms with van der Waals surface area (Å²) >= 11 is 0. The summed E-state index contributed by atoms with van der Waals surface area (Å²) in [6.07, 6.45) is 1.10. The van der Waals surface area contributed by atoms with Crippen molar-refractivity contribution >= 4 is 0 Å². The molecule has 0 aliphatic carbocycles. The molecule has 0 radical (unpaired) electrons. The van der Waals surface area contributed by atoms with Gasteiger partial charge in [-0.25, -0.2) is 0 Å². The highest BCUT2D eigenvalue weighted by molar-refractivity contribution is 4.78. The first-order valence-electron chi connectivity index (χ1n) is 3.47. The second-order valence-electron chi connectivity index (χ2n) is 3.36. The van der Waals surface area contributed by atoms with Crippen LogP contribution in [0.5, 0.6) is 0 Å². The highest BCUT2D eigenvalue weighted by Crippen LogP contribution is 2.19. The van der Waals surface area contributed by atoms with Gasteiger partial charge >= 0.3 is 0 Å². The summed E-state index contributed by atoms with van der Waals surface area (Å²) in [6.45, 7) is 7.15. The molecule has 0 saturated carbocycles. The van der Waals surface area contributed by atoms with Gasteiger partial charge in [0.2, 0.25) is 0 Å². The van der Waals surface area contributed by atoms with Gasteiger partial charge in [-0.2, -0.15) is 0 Å². The predicted molar refractivity (Wildman–Crippen MR) is 37.2 cm³/mol. The van der Waals surface area contributed by atoms with E-state index < -0.39 is 0 Å². The molecule has 1 heterocycles. The van der Waals surface area contributed by atoms with Crippen LogP contribution in [-0.4, -0.2) is 18.4 Å². The minimum absolute atomic E-state index is 0.0880. The van der Waals surface area contributed by atoms with Crippen LogP contribution >= 0.6 is 0 Å². The number of rotatable bonds is 0. The molecule has 54 valence electrons. The van der Waals surface area contributed by atoms with Crippen LogP contribution in [0.2, 0.25) is 0 Å². The van der Waals surface area contributed by atoms with Gasteiger partial charge in [-0.3, -0.25) is 5.32 Å². The van der Waals surface area contributed by atoms with Crippen LogP contribution in [0.3, 0.4) is 0 Å². The van der Waals surface area contributed by atoms with Gasteiger partial charge in [0.25, 0.3) is 0 Å². The van der Waals surface area contributed by atoms with E-state index in [1.807, 2.05) is 0 Å². The Morgan fingerprint density at radius 2 is 2.22 bits per heavy atom. The fourth-order valence-corrected chi connectivity index (χ4v) is 1.25. The Balaban J connectivity index is 2.41. The molecule has 1 fully saturated rings. The smallest absolute Gasteiger partial charge is 0.0974 e. The lowest BCUT2D eigenvalue weighted by Gasteiger charge is -2.34. The van der Waals surface area contributed by atoms with Crippen molar-refractivity contribution in [2.45, 2.75) is 38.8 Å². The second-order valence-corrected chi connectivity index (χ2v) is 3.36. The summed E-state index contributed by atoms with van der Waals surface area (Å²) < 4.78 is 5.42. The maximum absolute atomic E-state index is 5.42. The van der Waals surface area contributed by atoms with Crippen LogP contribution in [0.15, 0.2) is 0 Å². The number of hydrogen-bond acceptors (Lipinski definition) is 2. The average molecular weight is 129 g/mol. The van der Waals surface area contributed by atoms with E-state index in [0.29, 0.717) is 12.8 Å². The predicted octanol–water partition coefficient (Wildman–Crippen LogP) is 1.12. The Hall–Kier alpha value is -0.0800. The van der Waals surface area contributed by atoms with Crippen LogP contribution in [0.25, 0.3) is 0 Å². The molecule has 9 heavy (non-hydrogen) atoms. The molecule has 2 nitrogen and oxygen atoms in total. The maximum Gasteiger partial charge on any atom is 0.0974 e. The normalized spacial score (nSPS) is 34.3. The van der Waals surface area contributed by atoms with Gasteiger partial charge in [0, 0.05) is 6.04 Å². The van der Waals surface area contributed by atoms with Crippen molar-refractivity contribution in [3.63, 3.8) is 0 Å². The quantitative estimate of drug-likeness (QED) is 0.529. The van der Waals surface area contributed by atoms with Crippen LogP contribution in [0, 0.1) is 0 Å². The molecule has 1 N–H and O–H groups in total. The third-order valence-electron chi connectivity index (χ3n) is 1.69. The molecular formula is C7H15NO. The van der Waals surface area contributed by atoms with Crippen molar-refractivity contribution in [2.75, 3.05) is 6.73 Å². The molecule has 0 spiro atoms. The van der Waals surface area contributed by atoms with Crippen molar-refractivity contribution in [2.24, 2.45) is 0 Å². The SMILES string of the molecule is CC1CC(C)(C)OCN1. The number of ether oxygens (including phenoxy) is 1. The van der Waals surface area contributed by atoms with Gasteiger partial charge in [-0.05, 0) is 27.2 Å². The lowest BCUT2D eigenvalue weighted by atomic mass is 9.99. The Morgan fingerprint density at radius 1 is 1.56 bits per heavy atom. The lowest BCUT2D eigenvalue weighted by Crippen LogP contribution is -2.45. The van der Waals surface area contributed by atoms with E-state index in [-0.39, 0.29) is 5.60 Å². The molecule has 0 aromatic heterocycles. The average Bonchev–Trinajstić information content (AvgIpc) is 1.60. The van der Waals surface area contributed by atoms with E-state index >= 15 is 0 Å². The van der Waals surface area contributed by atoms with E-state index in [1.54, 1.807) is 0 Å². The first kappa shape index (κ1) is 7.03. The molecule has 0 amide bonds. The summed E-state index contributed by atoms with van der Waals surface area (Å²) in [4.78, 5) is 0. The fourth-order valence-electron chi connectivity index (χ4n) is 1.25. The minimum Gasteiger partial charge on any atom is -0.360 e. The topological polar surface area (TPSA) is 21.3 Å². The van der Waals surface area contributed by atoms with E-state index in [0.717, 1.165) is 6.42 Å². The van der Waals surface area contributed by atoms with Crippen molar-refractivity contribution in [3.8, 4) is 0 Å². The maximum atomic E-state index is 5.42. The van der Waals surface area contributed by atoms with Crippen LogP contribution in [0.4, 0.5) is 0 Å². The zero-order valence-corrected chi connectivity index (χ0v) is 6.40. The third-order valence-corrected chi connectivity index (χ3v) is 1.69. The Labute approximate surface area is 56.6 Å². The molecular weight excluding hydrogens is 114 g/mol. The highest BCUT2D eigenvalue weighted by Gasteiger charge is 2.25. The minimum atomic E-state index is 0.0880. The van der Waals surface area contributed by atoms with Gasteiger partial charge in [-0.15, -0.1) is 0 Å². The monoisotopic (exact) mass is 129 g/mol. The molecule has 1 unspecified atom stereocenters. The summed E-state index contributed by atoms with van der Waals surface area (Å²) in [5, 5.41) is 3.22. The number of nitrogens with one attached hydrogen (secondary N) is 1. The molecule has 0 bridgehead atoms. The lowest BCUT2D eigenvalue weighted by molar-refractivity contribution is -0.0715. The molecule has 0 aromatic rings. The first-order chi connectivity index (χ1) is 4.10. The third kappa shape index (κ3) is 1.95. The summed E-state index contributed by atoms with van der Waals surface area (Å²) in [5.74, 6) is 0. The zero-order valence-electron chi connectivity index (χ0n) is 6.40. The molecule has 1 atom stereocenters. The van der Waals surface area contributed by atoms with E-state index in [2.05, 4.69) is 26.1 Å². The van der Waals surface area contributed by atoms with Crippen LogP contribution < -0.4 is 5.32 Å². The van der Waals surface area contributed by atoms with Gasteiger partial charge in [0.05, 0.1) is 12.3 Å². The molecule has 0 aromatic carbocycles. The van der Waals surface area contributed by atoms with Crippen LogP contribution in [-0.2, 0) is 4.74 Å². The summed E-state index contributed by atoms with van der Waals surface area (Å²) in [5.41, 5.74) is 0.0880. The van der Waals surface area contributed by atoms with Crippen molar-refractivity contribution in [3.05, 3.63) is 0 Å². The molecule has 1 saturated heterocycles. The van der Waals surface area contributed by atoms with Crippen molar-refractivity contribution in [1.82, 2.24) is 5.32 Å². The summed E-state index contributed by atoms with van der Waals surface area (Å²) in [7, 11) is 0. The van der Waals surface area contributed by atoms with Gasteiger partial charge in [-0.1, -0.05) is 0 Å². The van der Waals surface area contributed by atoms with Crippen LogP contribution in [0.1, 0.15) is 27.2 Å². The first-order valence-corrected chi connectivity index (χ1v) is 3.47. The van der Waals surface area contributed by atoms with Gasteiger partial charge < -0.3 is 4.74 Å².